The third-order valence-corrected chi connectivity index (χ3v) is 11.0. The van der Waals surface area contributed by atoms with Gasteiger partial charge in [0.15, 0.2) is 0 Å². The molecule has 10 heteroatoms. The fourth-order valence-corrected chi connectivity index (χ4v) is 8.22. The number of rotatable bonds is 11. The minimum Gasteiger partial charge on any atom is -0.496 e. The van der Waals surface area contributed by atoms with Gasteiger partial charge in [-0.2, -0.15) is 0 Å². The van der Waals surface area contributed by atoms with Gasteiger partial charge in [0.2, 0.25) is 11.8 Å². The Balaban J connectivity index is 0.981. The first-order valence-corrected chi connectivity index (χ1v) is 19.1. The number of benzene rings is 4. The lowest BCUT2D eigenvalue weighted by Gasteiger charge is -2.31. The van der Waals surface area contributed by atoms with Crippen molar-refractivity contribution in [3.8, 4) is 39.4 Å². The van der Waals surface area contributed by atoms with Gasteiger partial charge < -0.3 is 24.5 Å². The second-order valence-corrected chi connectivity index (χ2v) is 14.7. The zero-order valence-corrected chi connectivity index (χ0v) is 31.6. The molecule has 2 fully saturated rings. The molecule has 0 spiro atoms. The van der Waals surface area contributed by atoms with E-state index in [1.54, 1.807) is 7.11 Å². The lowest BCUT2D eigenvalue weighted by atomic mass is 9.99. The molecule has 4 heterocycles. The van der Waals surface area contributed by atoms with Crippen molar-refractivity contribution in [2.75, 3.05) is 34.3 Å². The number of H-pyrrole nitrogens is 2. The van der Waals surface area contributed by atoms with Gasteiger partial charge in [-0.1, -0.05) is 91.0 Å². The molecule has 10 nitrogen and oxygen atoms in total. The van der Waals surface area contributed by atoms with E-state index in [0.717, 1.165) is 94.4 Å². The van der Waals surface area contributed by atoms with Crippen LogP contribution < -0.4 is 4.74 Å². The Labute approximate surface area is 322 Å². The van der Waals surface area contributed by atoms with Crippen LogP contribution in [0.15, 0.2) is 116 Å². The van der Waals surface area contributed by atoms with Crippen molar-refractivity contribution >= 4 is 11.8 Å². The van der Waals surface area contributed by atoms with Crippen LogP contribution in [-0.2, 0) is 16.0 Å². The molecule has 4 aromatic carbocycles. The number of nitrogens with one attached hydrogen (secondary N) is 2. The third kappa shape index (κ3) is 7.42. The molecule has 0 aliphatic carbocycles. The van der Waals surface area contributed by atoms with Gasteiger partial charge in [0.05, 0.1) is 43.2 Å². The van der Waals surface area contributed by atoms with Crippen LogP contribution >= 0.6 is 0 Å². The summed E-state index contributed by atoms with van der Waals surface area (Å²) in [6.07, 6.45) is 7.79. The summed E-state index contributed by atoms with van der Waals surface area (Å²) in [5, 5.41) is 0. The maximum Gasteiger partial charge on any atom is 0.245 e. The Morgan fingerprint density at radius 3 is 2.18 bits per heavy atom. The number of aromatic nitrogens is 4. The minimum absolute atomic E-state index is 0.0869. The summed E-state index contributed by atoms with van der Waals surface area (Å²) < 4.78 is 5.79. The summed E-state index contributed by atoms with van der Waals surface area (Å²) in [7, 11) is 5.58. The van der Waals surface area contributed by atoms with Gasteiger partial charge in [-0.3, -0.25) is 14.5 Å². The highest BCUT2D eigenvalue weighted by Crippen LogP contribution is 2.38. The first-order chi connectivity index (χ1) is 26.9. The number of ether oxygens (including phenoxy) is 1. The zero-order chi connectivity index (χ0) is 37.9. The molecule has 0 unspecified atom stereocenters. The standard InChI is InChI=1S/C45H47N7O3/c1-50(2)42(33-14-8-5-9-15-33)45(54)52-25-11-17-39(52)44-46-28-36(48-44)32-20-18-31(19-21-32)34-22-23-40(55-3)35(27-34)37-29-47-43(49-37)38-16-10-24-51(38)41(53)26-30-12-6-4-7-13-30/h4-9,12-15,18-23,27-29,38-39,42H,10-11,16-17,24-26H2,1-3H3,(H,46,48)(H,47,49)/t38-,39-,42+/m0/s1. The Hall–Kier alpha value is -6.00. The van der Waals surface area contributed by atoms with Crippen LogP contribution in [0.25, 0.3) is 33.6 Å². The van der Waals surface area contributed by atoms with Crippen molar-refractivity contribution in [2.24, 2.45) is 0 Å². The number of methoxy groups -OCH3 is 1. The number of carbonyl (C=O) groups excluding carboxylic acids is 2. The average Bonchev–Trinajstić information content (AvgIpc) is 4.05. The first kappa shape index (κ1) is 36.0. The van der Waals surface area contributed by atoms with Gasteiger partial charge in [-0.15, -0.1) is 0 Å². The highest BCUT2D eigenvalue weighted by Gasteiger charge is 2.37. The molecule has 2 amide bonds. The molecule has 0 bridgehead atoms. The number of likely N-dealkylation sites (N-methyl/N-ethyl adjacent to an activating group) is 1. The number of aromatic amines is 2. The van der Waals surface area contributed by atoms with Crippen molar-refractivity contribution in [3.63, 3.8) is 0 Å². The molecule has 2 N–H and O–H groups in total. The van der Waals surface area contributed by atoms with Gasteiger partial charge >= 0.3 is 0 Å². The SMILES string of the molecule is COc1ccc(-c2ccc(-c3cnc([C@@H]4CCCN4C(=O)[C@@H](c4ccccc4)N(C)C)[nH]3)cc2)cc1-c1c[nH]c([C@@H]2CCCN2C(=O)Cc2ccccc2)n1. The van der Waals surface area contributed by atoms with Crippen LogP contribution in [-0.4, -0.2) is 80.7 Å². The number of hydrogen-bond acceptors (Lipinski definition) is 6. The van der Waals surface area contributed by atoms with E-state index in [0.29, 0.717) is 13.0 Å². The van der Waals surface area contributed by atoms with Crippen LogP contribution in [0.5, 0.6) is 5.75 Å². The summed E-state index contributed by atoms with van der Waals surface area (Å²) in [5.74, 6) is 2.55. The Bertz CT molecular complexity index is 2250. The predicted molar refractivity (Wildman–Crippen MR) is 214 cm³/mol. The van der Waals surface area contributed by atoms with Gasteiger partial charge in [0.1, 0.15) is 23.4 Å². The molecule has 3 atom stereocenters. The molecule has 2 aliphatic heterocycles. The normalized spacial score (nSPS) is 17.5. The molecule has 2 saturated heterocycles. The van der Waals surface area contributed by atoms with Crippen LogP contribution in [0.3, 0.4) is 0 Å². The molecule has 280 valence electrons. The van der Waals surface area contributed by atoms with Gasteiger partial charge in [0.25, 0.3) is 0 Å². The minimum atomic E-state index is -0.351. The monoisotopic (exact) mass is 733 g/mol. The van der Waals surface area contributed by atoms with E-state index >= 15 is 0 Å². The largest absolute Gasteiger partial charge is 0.496 e. The first-order valence-electron chi connectivity index (χ1n) is 19.1. The Morgan fingerprint density at radius 2 is 1.47 bits per heavy atom. The summed E-state index contributed by atoms with van der Waals surface area (Å²) in [6.45, 7) is 1.44. The van der Waals surface area contributed by atoms with Crippen molar-refractivity contribution in [3.05, 3.63) is 138 Å². The zero-order valence-electron chi connectivity index (χ0n) is 31.6. The van der Waals surface area contributed by atoms with Gasteiger partial charge in [-0.05, 0) is 79.7 Å². The van der Waals surface area contributed by atoms with Crippen molar-refractivity contribution in [2.45, 2.75) is 50.2 Å². The number of hydrogen-bond donors (Lipinski definition) is 2. The van der Waals surface area contributed by atoms with E-state index in [-0.39, 0.29) is 29.9 Å². The Morgan fingerprint density at radius 1 is 0.818 bits per heavy atom. The smallest absolute Gasteiger partial charge is 0.245 e. The molecule has 6 aromatic rings. The second-order valence-electron chi connectivity index (χ2n) is 14.7. The third-order valence-electron chi connectivity index (χ3n) is 11.0. The number of carbonyl (C=O) groups is 2. The van der Waals surface area contributed by atoms with Crippen LogP contribution in [0.2, 0.25) is 0 Å². The van der Waals surface area contributed by atoms with Crippen LogP contribution in [0.1, 0.15) is 66.6 Å². The van der Waals surface area contributed by atoms with E-state index in [4.69, 9.17) is 14.7 Å². The topological polar surface area (TPSA) is 110 Å². The van der Waals surface area contributed by atoms with Gasteiger partial charge in [-0.25, -0.2) is 9.97 Å². The number of imidazole rings is 2. The number of likely N-dealkylation sites (tertiary alicyclic amines) is 2. The number of amides is 2. The van der Waals surface area contributed by atoms with E-state index in [1.165, 1.54) is 0 Å². The van der Waals surface area contributed by atoms with Crippen molar-refractivity contribution < 1.29 is 14.3 Å². The molecule has 8 rings (SSSR count). The molecule has 2 aliphatic rings. The average molecular weight is 734 g/mol. The molecular formula is C45H47N7O3. The van der Waals surface area contributed by atoms with Crippen LogP contribution in [0.4, 0.5) is 0 Å². The summed E-state index contributed by atoms with van der Waals surface area (Å²) in [4.78, 5) is 49.9. The molecule has 0 radical (unpaired) electrons. The highest BCUT2D eigenvalue weighted by atomic mass is 16.5. The molecule has 2 aromatic heterocycles. The van der Waals surface area contributed by atoms with Crippen molar-refractivity contribution in [1.29, 1.82) is 0 Å². The maximum absolute atomic E-state index is 13.9. The predicted octanol–water partition coefficient (Wildman–Crippen LogP) is 8.02. The summed E-state index contributed by atoms with van der Waals surface area (Å²) >= 11 is 0. The van der Waals surface area contributed by atoms with Gasteiger partial charge in [0, 0.05) is 24.8 Å². The summed E-state index contributed by atoms with van der Waals surface area (Å²) in [6, 6.07) is 33.9. The quantitative estimate of drug-likeness (QED) is 0.140. The fourth-order valence-electron chi connectivity index (χ4n) is 8.22. The highest BCUT2D eigenvalue weighted by molar-refractivity contribution is 5.84. The van der Waals surface area contributed by atoms with E-state index in [2.05, 4.69) is 46.4 Å². The molecular weight excluding hydrogens is 687 g/mol. The van der Waals surface area contributed by atoms with E-state index < -0.39 is 0 Å². The second kappa shape index (κ2) is 15.8. The molecule has 55 heavy (non-hydrogen) atoms. The number of nitrogens with zero attached hydrogens (tertiary/aromatic N) is 5. The summed E-state index contributed by atoms with van der Waals surface area (Å²) in [5.41, 5.74) is 7.68. The Kier molecular flexibility index (Phi) is 10.3. The lowest BCUT2D eigenvalue weighted by molar-refractivity contribution is -0.137. The fraction of sp³-hybridized carbons (Fsp3) is 0.289. The van der Waals surface area contributed by atoms with Crippen molar-refractivity contribution in [1.82, 2.24) is 34.6 Å². The van der Waals surface area contributed by atoms with E-state index in [9.17, 15) is 9.59 Å². The van der Waals surface area contributed by atoms with E-state index in [1.807, 2.05) is 108 Å². The van der Waals surface area contributed by atoms with Crippen LogP contribution in [0, 0.1) is 0 Å². The molecule has 0 saturated carbocycles. The maximum atomic E-state index is 13.9. The lowest BCUT2D eigenvalue weighted by Crippen LogP contribution is -2.40.